The summed E-state index contributed by atoms with van der Waals surface area (Å²) in [4.78, 5) is 21.4. The third-order valence-electron chi connectivity index (χ3n) is 6.67. The average molecular weight is 487 g/mol. The van der Waals surface area contributed by atoms with Crippen molar-refractivity contribution in [3.05, 3.63) is 45.9 Å². The zero-order chi connectivity index (χ0) is 23.0. The van der Waals surface area contributed by atoms with Gasteiger partial charge in [0.15, 0.2) is 0 Å². The number of imidazole rings is 1. The summed E-state index contributed by atoms with van der Waals surface area (Å²) < 4.78 is 29.7. The van der Waals surface area contributed by atoms with Crippen molar-refractivity contribution in [1.29, 1.82) is 0 Å². The summed E-state index contributed by atoms with van der Waals surface area (Å²) in [6, 6.07) is 7.39. The highest BCUT2D eigenvalue weighted by molar-refractivity contribution is 7.89. The molecule has 1 saturated heterocycles. The normalized spacial score (nSPS) is 17.1. The Kier molecular flexibility index (Phi) is 6.28. The molecule has 0 aliphatic carbocycles. The summed E-state index contributed by atoms with van der Waals surface area (Å²) in [6.07, 6.45) is 4.65. The number of sulfonamides is 1. The van der Waals surface area contributed by atoms with E-state index < -0.39 is 10.0 Å². The number of amides is 1. The van der Waals surface area contributed by atoms with Crippen LogP contribution < -0.4 is 0 Å². The first kappa shape index (κ1) is 22.6. The zero-order valence-electron chi connectivity index (χ0n) is 19.0. The number of hydrogen-bond donors (Lipinski definition) is 0. The molecule has 176 valence electrons. The lowest BCUT2D eigenvalue weighted by atomic mass is 10.1. The molecule has 0 atom stereocenters. The maximum Gasteiger partial charge on any atom is 0.243 e. The van der Waals surface area contributed by atoms with Gasteiger partial charge in [0.05, 0.1) is 15.9 Å². The molecule has 2 aliphatic rings. The molecule has 1 aromatic carbocycles. The van der Waals surface area contributed by atoms with Crippen LogP contribution in [-0.4, -0.2) is 52.7 Å². The molecule has 7 nitrogen and oxygen atoms in total. The third-order valence-corrected chi connectivity index (χ3v) is 9.59. The highest BCUT2D eigenvalue weighted by Gasteiger charge is 2.28. The van der Waals surface area contributed by atoms with Gasteiger partial charge in [-0.2, -0.15) is 4.31 Å². The molecule has 2 aromatic heterocycles. The Hall–Kier alpha value is -2.23. The van der Waals surface area contributed by atoms with E-state index in [2.05, 4.69) is 22.9 Å². The van der Waals surface area contributed by atoms with Crippen LogP contribution in [0.3, 0.4) is 0 Å². The fourth-order valence-electron chi connectivity index (χ4n) is 4.90. The topological polar surface area (TPSA) is 75.5 Å². The van der Waals surface area contributed by atoms with Crippen LogP contribution in [0.4, 0.5) is 0 Å². The van der Waals surface area contributed by atoms with E-state index in [0.717, 1.165) is 50.1 Å². The van der Waals surface area contributed by atoms with Crippen molar-refractivity contribution in [2.75, 3.05) is 19.6 Å². The molecule has 5 rings (SSSR count). The smallest absolute Gasteiger partial charge is 0.243 e. The summed E-state index contributed by atoms with van der Waals surface area (Å²) in [6.45, 7) is 5.54. The lowest BCUT2D eigenvalue weighted by Gasteiger charge is -2.27. The molecular formula is C24H30N4O3S2. The minimum atomic E-state index is -3.48. The van der Waals surface area contributed by atoms with Crippen LogP contribution in [0.2, 0.25) is 0 Å². The minimum absolute atomic E-state index is 0.152. The summed E-state index contributed by atoms with van der Waals surface area (Å²) >= 11 is 1.77. The molecule has 1 amide bonds. The lowest BCUT2D eigenvalue weighted by molar-refractivity contribution is -0.132. The van der Waals surface area contributed by atoms with E-state index in [-0.39, 0.29) is 5.91 Å². The highest BCUT2D eigenvalue weighted by atomic mass is 32.2. The average Bonchev–Trinajstić information content (AvgIpc) is 3.57. The number of benzene rings is 1. The summed E-state index contributed by atoms with van der Waals surface area (Å²) in [5.74, 6) is 1.00. The summed E-state index contributed by atoms with van der Waals surface area (Å²) in [5, 5.41) is 2.10. The second kappa shape index (κ2) is 9.19. The maximum absolute atomic E-state index is 13.0. The van der Waals surface area contributed by atoms with E-state index in [9.17, 15) is 13.2 Å². The van der Waals surface area contributed by atoms with Crippen molar-refractivity contribution in [2.45, 2.75) is 63.4 Å². The second-order valence-corrected chi connectivity index (χ2v) is 11.8. The molecule has 0 N–H and O–H groups in total. The monoisotopic (exact) mass is 486 g/mol. The number of carbonyl (C=O) groups is 1. The summed E-state index contributed by atoms with van der Waals surface area (Å²) in [5.41, 5.74) is 2.89. The first-order chi connectivity index (χ1) is 16.0. The van der Waals surface area contributed by atoms with Gasteiger partial charge in [0, 0.05) is 50.4 Å². The molecule has 1 fully saturated rings. The molecule has 3 aromatic rings. The van der Waals surface area contributed by atoms with Gasteiger partial charge in [0.2, 0.25) is 15.9 Å². The van der Waals surface area contributed by atoms with Crippen molar-refractivity contribution in [3.8, 4) is 0 Å². The Balaban J connectivity index is 1.36. The van der Waals surface area contributed by atoms with Gasteiger partial charge in [-0.05, 0) is 60.9 Å². The Morgan fingerprint density at radius 2 is 1.97 bits per heavy atom. The second-order valence-electron chi connectivity index (χ2n) is 8.88. The van der Waals surface area contributed by atoms with Gasteiger partial charge in [0.1, 0.15) is 5.82 Å². The quantitative estimate of drug-likeness (QED) is 0.509. The van der Waals surface area contributed by atoms with Gasteiger partial charge in [-0.25, -0.2) is 13.4 Å². The summed E-state index contributed by atoms with van der Waals surface area (Å²) in [7, 11) is -3.48. The molecule has 0 radical (unpaired) electrons. The van der Waals surface area contributed by atoms with E-state index in [1.807, 2.05) is 11.0 Å². The number of carbonyl (C=O) groups excluding carboxylic acids is 1. The zero-order valence-corrected chi connectivity index (χ0v) is 20.6. The fourth-order valence-corrected chi connectivity index (χ4v) is 7.33. The molecule has 2 aliphatic heterocycles. The van der Waals surface area contributed by atoms with E-state index >= 15 is 0 Å². The highest BCUT2D eigenvalue weighted by Crippen LogP contribution is 2.27. The molecule has 0 saturated carbocycles. The van der Waals surface area contributed by atoms with Crippen LogP contribution in [0.5, 0.6) is 0 Å². The number of aryl methyl sites for hydroxylation is 2. The molecule has 0 unspecified atom stereocenters. The largest absolute Gasteiger partial charge is 0.338 e. The molecule has 33 heavy (non-hydrogen) atoms. The molecule has 0 bridgehead atoms. The molecule has 4 heterocycles. The third kappa shape index (κ3) is 4.34. The number of hydrogen-bond acceptors (Lipinski definition) is 5. The Morgan fingerprint density at radius 3 is 2.76 bits per heavy atom. The van der Waals surface area contributed by atoms with Crippen LogP contribution in [-0.2, 0) is 40.7 Å². The van der Waals surface area contributed by atoms with Crippen LogP contribution in [0.1, 0.15) is 48.9 Å². The van der Waals surface area contributed by atoms with Crippen molar-refractivity contribution >= 4 is 38.3 Å². The molecule has 0 spiro atoms. The Bertz CT molecular complexity index is 1270. The number of thiophene rings is 1. The van der Waals surface area contributed by atoms with Crippen LogP contribution in [0.15, 0.2) is 34.5 Å². The van der Waals surface area contributed by atoms with E-state index in [1.165, 1.54) is 10.4 Å². The molecule has 9 heteroatoms. The SMILES string of the molecule is CCCn1c(CCC(=O)N2CCc3sccc3C2)nc2cc(S(=O)(=O)N3CCCC3)ccc21. The van der Waals surface area contributed by atoms with E-state index in [1.54, 1.807) is 27.8 Å². The fraction of sp³-hybridized carbons (Fsp3) is 0.500. The number of fused-ring (bicyclic) bond motifs is 2. The number of nitrogens with zero attached hydrogens (tertiary/aromatic N) is 4. The lowest BCUT2D eigenvalue weighted by Crippen LogP contribution is -2.35. The van der Waals surface area contributed by atoms with E-state index in [0.29, 0.717) is 42.9 Å². The predicted octanol–water partition coefficient (Wildman–Crippen LogP) is 3.81. The van der Waals surface area contributed by atoms with Crippen LogP contribution in [0, 0.1) is 0 Å². The molecular weight excluding hydrogens is 456 g/mol. The van der Waals surface area contributed by atoms with Crippen molar-refractivity contribution in [1.82, 2.24) is 18.8 Å². The van der Waals surface area contributed by atoms with Crippen LogP contribution >= 0.6 is 11.3 Å². The first-order valence-electron chi connectivity index (χ1n) is 11.8. The predicted molar refractivity (Wildman–Crippen MR) is 130 cm³/mol. The van der Waals surface area contributed by atoms with Crippen molar-refractivity contribution < 1.29 is 13.2 Å². The van der Waals surface area contributed by atoms with Gasteiger partial charge in [-0.3, -0.25) is 4.79 Å². The standard InChI is InChI=1S/C24H30N4O3S2/c1-2-11-28-21-6-5-19(33(30,31)27-12-3-4-13-27)16-20(21)25-23(28)7-8-24(29)26-14-9-22-18(17-26)10-15-32-22/h5-6,10,15-16H,2-4,7-9,11-14,17H2,1H3. The van der Waals surface area contributed by atoms with E-state index in [4.69, 9.17) is 4.98 Å². The van der Waals surface area contributed by atoms with Gasteiger partial charge >= 0.3 is 0 Å². The number of rotatable bonds is 7. The Labute approximate surface area is 199 Å². The van der Waals surface area contributed by atoms with Gasteiger partial charge < -0.3 is 9.47 Å². The van der Waals surface area contributed by atoms with Gasteiger partial charge in [0.25, 0.3) is 0 Å². The van der Waals surface area contributed by atoms with Crippen molar-refractivity contribution in [3.63, 3.8) is 0 Å². The first-order valence-corrected chi connectivity index (χ1v) is 14.1. The maximum atomic E-state index is 13.0. The van der Waals surface area contributed by atoms with Crippen LogP contribution in [0.25, 0.3) is 11.0 Å². The minimum Gasteiger partial charge on any atom is -0.338 e. The van der Waals surface area contributed by atoms with Crippen molar-refractivity contribution in [2.24, 2.45) is 0 Å². The van der Waals surface area contributed by atoms with Gasteiger partial charge in [-0.1, -0.05) is 6.92 Å². The van der Waals surface area contributed by atoms with Gasteiger partial charge in [-0.15, -0.1) is 11.3 Å². The Morgan fingerprint density at radius 1 is 1.15 bits per heavy atom. The number of aromatic nitrogens is 2.